The predicted molar refractivity (Wildman–Crippen MR) is 86.9 cm³/mol. The summed E-state index contributed by atoms with van der Waals surface area (Å²) in [7, 11) is 0. The molecule has 0 amide bonds. The summed E-state index contributed by atoms with van der Waals surface area (Å²) >= 11 is 9.47. The SMILES string of the molecule is CCc1cc(CCl)cc(Oc2cc(C)c(Br)c(C)c2)n1. The maximum Gasteiger partial charge on any atom is 0.219 e. The highest BCUT2D eigenvalue weighted by Gasteiger charge is 2.07. The molecule has 0 aliphatic carbocycles. The molecule has 0 saturated heterocycles. The standard InChI is InChI=1S/C16H17BrClNO/c1-4-13-7-12(9-18)8-15(19-13)20-14-5-10(2)16(17)11(3)6-14/h5-8H,4,9H2,1-3H3. The number of rotatable bonds is 4. The van der Waals surface area contributed by atoms with Crippen molar-refractivity contribution in [2.45, 2.75) is 33.1 Å². The van der Waals surface area contributed by atoms with Crippen LogP contribution in [0.4, 0.5) is 0 Å². The van der Waals surface area contributed by atoms with Gasteiger partial charge in [0.1, 0.15) is 5.75 Å². The lowest BCUT2D eigenvalue weighted by molar-refractivity contribution is 0.459. The van der Waals surface area contributed by atoms with Crippen molar-refractivity contribution in [3.8, 4) is 11.6 Å². The van der Waals surface area contributed by atoms with Gasteiger partial charge in [0.25, 0.3) is 0 Å². The zero-order valence-corrected chi connectivity index (χ0v) is 14.2. The Morgan fingerprint density at radius 2 is 1.80 bits per heavy atom. The maximum atomic E-state index is 5.91. The molecule has 0 aliphatic rings. The van der Waals surface area contributed by atoms with Crippen molar-refractivity contribution in [1.82, 2.24) is 4.98 Å². The number of halogens is 2. The lowest BCUT2D eigenvalue weighted by atomic mass is 10.1. The van der Waals surface area contributed by atoms with E-state index in [4.69, 9.17) is 16.3 Å². The van der Waals surface area contributed by atoms with Crippen molar-refractivity contribution in [3.63, 3.8) is 0 Å². The van der Waals surface area contributed by atoms with Crippen molar-refractivity contribution >= 4 is 27.5 Å². The third-order valence-electron chi connectivity index (χ3n) is 3.06. The van der Waals surface area contributed by atoms with Crippen LogP contribution in [0.3, 0.4) is 0 Å². The van der Waals surface area contributed by atoms with Gasteiger partial charge < -0.3 is 4.74 Å². The number of ether oxygens (including phenoxy) is 1. The van der Waals surface area contributed by atoms with E-state index < -0.39 is 0 Å². The van der Waals surface area contributed by atoms with Crippen LogP contribution in [-0.2, 0) is 12.3 Å². The number of pyridine rings is 1. The Bertz CT molecular complexity index is 583. The van der Waals surface area contributed by atoms with Gasteiger partial charge >= 0.3 is 0 Å². The number of aromatic nitrogens is 1. The monoisotopic (exact) mass is 353 g/mol. The average Bonchev–Trinajstić information content (AvgIpc) is 2.44. The van der Waals surface area contributed by atoms with E-state index in [0.29, 0.717) is 11.8 Å². The van der Waals surface area contributed by atoms with Crippen molar-refractivity contribution in [2.75, 3.05) is 0 Å². The molecule has 0 radical (unpaired) electrons. The summed E-state index contributed by atoms with van der Waals surface area (Å²) < 4.78 is 7.00. The van der Waals surface area contributed by atoms with Crippen molar-refractivity contribution in [2.24, 2.45) is 0 Å². The molecule has 0 saturated carbocycles. The zero-order valence-electron chi connectivity index (χ0n) is 11.8. The highest BCUT2D eigenvalue weighted by molar-refractivity contribution is 9.10. The zero-order chi connectivity index (χ0) is 14.7. The second-order valence-electron chi connectivity index (χ2n) is 4.77. The van der Waals surface area contributed by atoms with E-state index in [1.165, 1.54) is 0 Å². The van der Waals surface area contributed by atoms with E-state index in [0.717, 1.165) is 39.0 Å². The molecule has 0 unspecified atom stereocenters. The summed E-state index contributed by atoms with van der Waals surface area (Å²) in [5, 5.41) is 0. The second-order valence-corrected chi connectivity index (χ2v) is 5.83. The molecule has 20 heavy (non-hydrogen) atoms. The van der Waals surface area contributed by atoms with E-state index in [2.05, 4.69) is 27.8 Å². The van der Waals surface area contributed by atoms with Crippen LogP contribution < -0.4 is 4.74 Å². The molecule has 0 spiro atoms. The van der Waals surface area contributed by atoms with Gasteiger partial charge in [0.15, 0.2) is 0 Å². The summed E-state index contributed by atoms with van der Waals surface area (Å²) in [4.78, 5) is 4.48. The van der Waals surface area contributed by atoms with Crippen LogP contribution in [0.1, 0.15) is 29.3 Å². The van der Waals surface area contributed by atoms with Crippen molar-refractivity contribution in [1.29, 1.82) is 0 Å². The van der Waals surface area contributed by atoms with E-state index in [-0.39, 0.29) is 0 Å². The molecular formula is C16H17BrClNO. The lowest BCUT2D eigenvalue weighted by Gasteiger charge is -2.11. The molecule has 0 bridgehead atoms. The normalized spacial score (nSPS) is 10.7. The Morgan fingerprint density at radius 3 is 2.35 bits per heavy atom. The smallest absolute Gasteiger partial charge is 0.219 e. The lowest BCUT2D eigenvalue weighted by Crippen LogP contribution is -1.96. The molecule has 0 fully saturated rings. The number of alkyl halides is 1. The van der Waals surface area contributed by atoms with Crippen LogP contribution >= 0.6 is 27.5 Å². The Morgan fingerprint density at radius 1 is 1.15 bits per heavy atom. The number of nitrogens with zero attached hydrogens (tertiary/aromatic N) is 1. The van der Waals surface area contributed by atoms with Gasteiger partial charge in [0.2, 0.25) is 5.88 Å². The third-order valence-corrected chi connectivity index (χ3v) is 4.62. The molecule has 2 aromatic rings. The molecule has 1 heterocycles. The summed E-state index contributed by atoms with van der Waals surface area (Å²) in [6.45, 7) is 6.16. The number of aryl methyl sites for hydroxylation is 3. The molecule has 106 valence electrons. The van der Waals surface area contributed by atoms with Crippen molar-refractivity contribution in [3.05, 3.63) is 51.1 Å². The van der Waals surface area contributed by atoms with Crippen LogP contribution in [0.2, 0.25) is 0 Å². The van der Waals surface area contributed by atoms with Crippen LogP contribution in [0.15, 0.2) is 28.7 Å². The van der Waals surface area contributed by atoms with Gasteiger partial charge in [-0.2, -0.15) is 0 Å². The largest absolute Gasteiger partial charge is 0.439 e. The molecule has 1 aromatic heterocycles. The van der Waals surface area contributed by atoms with E-state index in [1.54, 1.807) is 0 Å². The Labute approximate surface area is 133 Å². The fourth-order valence-electron chi connectivity index (χ4n) is 2.02. The molecule has 4 heteroatoms. The van der Waals surface area contributed by atoms with Gasteiger partial charge in [-0.05, 0) is 55.2 Å². The fraction of sp³-hybridized carbons (Fsp3) is 0.312. The summed E-state index contributed by atoms with van der Waals surface area (Å²) in [6, 6.07) is 7.90. The molecule has 2 rings (SSSR count). The first-order valence-electron chi connectivity index (χ1n) is 6.54. The average molecular weight is 355 g/mol. The summed E-state index contributed by atoms with van der Waals surface area (Å²) in [5.74, 6) is 1.86. The van der Waals surface area contributed by atoms with Gasteiger partial charge in [-0.25, -0.2) is 4.98 Å². The van der Waals surface area contributed by atoms with Gasteiger partial charge in [-0.1, -0.05) is 22.9 Å². The van der Waals surface area contributed by atoms with Crippen LogP contribution in [0.25, 0.3) is 0 Å². The van der Waals surface area contributed by atoms with Gasteiger partial charge in [0, 0.05) is 22.1 Å². The number of hydrogen-bond donors (Lipinski definition) is 0. The van der Waals surface area contributed by atoms with Gasteiger partial charge in [-0.15, -0.1) is 11.6 Å². The molecule has 1 aromatic carbocycles. The van der Waals surface area contributed by atoms with E-state index >= 15 is 0 Å². The summed E-state index contributed by atoms with van der Waals surface area (Å²) in [6.07, 6.45) is 0.861. The predicted octanol–water partition coefficient (Wildman–Crippen LogP) is 5.55. The molecule has 0 atom stereocenters. The van der Waals surface area contributed by atoms with Gasteiger partial charge in [-0.3, -0.25) is 0 Å². The fourth-order valence-corrected chi connectivity index (χ4v) is 2.40. The Kier molecular flexibility index (Phi) is 5.06. The minimum Gasteiger partial charge on any atom is -0.439 e. The molecule has 2 nitrogen and oxygen atoms in total. The van der Waals surface area contributed by atoms with Crippen molar-refractivity contribution < 1.29 is 4.74 Å². The quantitative estimate of drug-likeness (QED) is 0.671. The minimum absolute atomic E-state index is 0.463. The maximum absolute atomic E-state index is 5.91. The van der Waals surface area contributed by atoms with Crippen LogP contribution in [-0.4, -0.2) is 4.98 Å². The van der Waals surface area contributed by atoms with E-state index in [9.17, 15) is 0 Å². The second kappa shape index (κ2) is 6.59. The first-order chi connectivity index (χ1) is 9.53. The summed E-state index contributed by atoms with van der Waals surface area (Å²) in [5.41, 5.74) is 4.30. The number of hydrogen-bond acceptors (Lipinski definition) is 2. The first kappa shape index (κ1) is 15.3. The number of benzene rings is 1. The molecule has 0 aliphatic heterocycles. The third kappa shape index (κ3) is 3.53. The molecule has 0 N–H and O–H groups in total. The Balaban J connectivity index is 2.34. The van der Waals surface area contributed by atoms with Crippen LogP contribution in [0, 0.1) is 13.8 Å². The highest BCUT2D eigenvalue weighted by atomic mass is 79.9. The van der Waals surface area contributed by atoms with Gasteiger partial charge in [0.05, 0.1) is 0 Å². The Hall–Kier alpha value is -1.06. The van der Waals surface area contributed by atoms with E-state index in [1.807, 2.05) is 38.1 Å². The highest BCUT2D eigenvalue weighted by Crippen LogP contribution is 2.29. The minimum atomic E-state index is 0.463. The topological polar surface area (TPSA) is 22.1 Å². The van der Waals surface area contributed by atoms with Crippen LogP contribution in [0.5, 0.6) is 11.6 Å². The molecular weight excluding hydrogens is 338 g/mol. The first-order valence-corrected chi connectivity index (χ1v) is 7.86.